The van der Waals surface area contributed by atoms with E-state index in [0.717, 1.165) is 29.8 Å². The second-order valence-electron chi connectivity index (χ2n) is 10.8. The Kier molecular flexibility index (Phi) is 10.3. The normalized spacial score (nSPS) is 13.5. The number of thiazole rings is 1. The van der Waals surface area contributed by atoms with Gasteiger partial charge in [-0.1, -0.05) is 79.6 Å². The summed E-state index contributed by atoms with van der Waals surface area (Å²) >= 11 is 1.51. The van der Waals surface area contributed by atoms with Crippen molar-refractivity contribution in [2.24, 2.45) is 5.73 Å². The minimum absolute atomic E-state index is 0.0779. The van der Waals surface area contributed by atoms with E-state index in [1.165, 1.54) is 29.2 Å². The van der Waals surface area contributed by atoms with E-state index >= 15 is 0 Å². The molecule has 2 atom stereocenters. The average molecular weight is 642 g/mol. The highest BCUT2D eigenvalue weighted by atomic mass is 32.2. The Labute approximate surface area is 267 Å². The lowest BCUT2D eigenvalue weighted by atomic mass is 10.0. The van der Waals surface area contributed by atoms with E-state index < -0.39 is 26.7 Å². The van der Waals surface area contributed by atoms with Crippen LogP contribution in [0.4, 0.5) is 5.82 Å². The number of nitrogens with one attached hydrogen (secondary N) is 1. The molecule has 0 bridgehead atoms. The van der Waals surface area contributed by atoms with E-state index in [4.69, 9.17) is 5.73 Å². The van der Waals surface area contributed by atoms with Crippen LogP contribution in [0.25, 0.3) is 10.6 Å². The number of hydrogen-bond acceptors (Lipinski definition) is 9. The number of aryl methyl sites for hydroxylation is 1. The van der Waals surface area contributed by atoms with Gasteiger partial charge in [0.2, 0.25) is 9.84 Å². The first-order chi connectivity index (χ1) is 21.8. The molecule has 11 heteroatoms. The topological polar surface area (TPSA) is 148 Å². The lowest BCUT2D eigenvalue weighted by molar-refractivity contribution is -0.138. The maximum atomic E-state index is 14.1. The van der Waals surface area contributed by atoms with Crippen molar-refractivity contribution >= 4 is 33.0 Å². The van der Waals surface area contributed by atoms with Gasteiger partial charge < -0.3 is 16.2 Å². The summed E-state index contributed by atoms with van der Waals surface area (Å²) in [5.41, 5.74) is 9.79. The van der Waals surface area contributed by atoms with Crippen LogP contribution < -0.4 is 11.1 Å². The van der Waals surface area contributed by atoms with Crippen LogP contribution in [0.15, 0.2) is 114 Å². The number of sulfone groups is 1. The molecule has 0 aliphatic rings. The average Bonchev–Trinajstić information content (AvgIpc) is 3.60. The van der Waals surface area contributed by atoms with Gasteiger partial charge in [-0.15, -0.1) is 11.3 Å². The van der Waals surface area contributed by atoms with Crippen molar-refractivity contribution in [3.63, 3.8) is 0 Å². The number of nitrogens with zero attached hydrogens (tertiary/aromatic N) is 3. The molecule has 9 nitrogen and oxygen atoms in total. The third-order valence-corrected chi connectivity index (χ3v) is 10.5. The molecule has 232 valence electrons. The monoisotopic (exact) mass is 641 g/mol. The highest BCUT2D eigenvalue weighted by Gasteiger charge is 2.45. The first kappa shape index (κ1) is 32.0. The molecule has 3 aromatic heterocycles. The molecule has 0 amide bonds. The van der Waals surface area contributed by atoms with E-state index in [2.05, 4.69) is 32.4 Å². The number of benzene rings is 2. The van der Waals surface area contributed by atoms with Gasteiger partial charge in [-0.3, -0.25) is 0 Å². The molecule has 5 aromatic rings. The van der Waals surface area contributed by atoms with Crippen molar-refractivity contribution in [1.82, 2.24) is 15.0 Å². The number of aliphatic carboxylic acids is 1. The molecule has 0 saturated heterocycles. The minimum Gasteiger partial charge on any atom is -0.480 e. The summed E-state index contributed by atoms with van der Waals surface area (Å²) in [5.74, 6) is -0.778. The molecule has 2 unspecified atom stereocenters. The second kappa shape index (κ2) is 14.6. The van der Waals surface area contributed by atoms with Crippen LogP contribution in [-0.2, 0) is 32.3 Å². The Balaban J connectivity index is 1.36. The number of pyridine rings is 2. The van der Waals surface area contributed by atoms with Crippen LogP contribution in [-0.4, -0.2) is 40.5 Å². The number of carboxylic acid groups (broad SMARTS) is 1. The Bertz CT molecular complexity index is 1790. The lowest BCUT2D eigenvalue weighted by Crippen LogP contribution is -2.48. The number of carbonyl (C=O) groups is 1. The van der Waals surface area contributed by atoms with E-state index in [1.54, 1.807) is 36.5 Å². The summed E-state index contributed by atoms with van der Waals surface area (Å²) in [6.45, 7) is 0. The van der Waals surface area contributed by atoms with E-state index in [0.29, 0.717) is 18.4 Å². The molecule has 2 aromatic carbocycles. The largest absolute Gasteiger partial charge is 0.480 e. The molecule has 4 N–H and O–H groups in total. The molecule has 45 heavy (non-hydrogen) atoms. The number of anilines is 1. The summed E-state index contributed by atoms with van der Waals surface area (Å²) in [5, 5.41) is 15.5. The van der Waals surface area contributed by atoms with Crippen LogP contribution >= 0.6 is 11.3 Å². The zero-order valence-corrected chi connectivity index (χ0v) is 26.3. The van der Waals surface area contributed by atoms with Crippen LogP contribution in [0, 0.1) is 0 Å². The molecule has 0 radical (unpaired) electrons. The molecule has 0 saturated carbocycles. The van der Waals surface area contributed by atoms with Crippen LogP contribution in [0.2, 0.25) is 0 Å². The van der Waals surface area contributed by atoms with Gasteiger partial charge in [-0.2, -0.15) is 0 Å². The zero-order valence-electron chi connectivity index (χ0n) is 24.6. The molecular weight excluding hydrogens is 607 g/mol. The molecular formula is C34H35N5O4S2. The molecule has 5 rings (SSSR count). The standard InChI is InChI=1S/C34H35N5O4S2/c35-34(45(42,43)31-16-7-8-21-36-31,24-26-17-19-27(20-18-26)32-37-22-23-44-32)29-14-9-15-30(39-29)38-28(33(40)41)13-6-2-5-12-25-10-3-1-4-11-25/h1,3-4,7-11,14-23,28H,2,5-6,12-13,24,35H2,(H,38,39)(H,40,41). The molecule has 0 fully saturated rings. The summed E-state index contributed by atoms with van der Waals surface area (Å²) in [7, 11) is -4.26. The van der Waals surface area contributed by atoms with Crippen molar-refractivity contribution < 1.29 is 18.3 Å². The van der Waals surface area contributed by atoms with Gasteiger partial charge in [0, 0.05) is 29.8 Å². The summed E-state index contributed by atoms with van der Waals surface area (Å²) in [6.07, 6.45) is 6.91. The quantitative estimate of drug-likeness (QED) is 0.115. The second-order valence-corrected chi connectivity index (χ2v) is 13.8. The smallest absolute Gasteiger partial charge is 0.326 e. The van der Waals surface area contributed by atoms with Gasteiger partial charge in [-0.25, -0.2) is 28.2 Å². The highest BCUT2D eigenvalue weighted by Crippen LogP contribution is 2.34. The number of unbranched alkanes of at least 4 members (excludes halogenated alkanes) is 2. The van der Waals surface area contributed by atoms with Crippen LogP contribution in [0.3, 0.4) is 0 Å². The fourth-order valence-corrected chi connectivity index (χ4v) is 7.36. The first-order valence-electron chi connectivity index (χ1n) is 14.7. The molecule has 0 aliphatic carbocycles. The predicted octanol–water partition coefficient (Wildman–Crippen LogP) is 6.10. The lowest BCUT2D eigenvalue weighted by Gasteiger charge is -2.29. The summed E-state index contributed by atoms with van der Waals surface area (Å²) in [4.78, 5) is 23.2. The SMILES string of the molecule is NC(Cc1ccc(-c2nccs2)cc1)(c1cccc(NC(CCCCCc2ccccc2)C(=O)O)n1)S(=O)(=O)c1ccccn1. The van der Waals surface area contributed by atoms with Gasteiger partial charge in [0.05, 0.1) is 5.69 Å². The number of hydrogen-bond donors (Lipinski definition) is 3. The van der Waals surface area contributed by atoms with Crippen molar-refractivity contribution in [2.75, 3.05) is 5.32 Å². The maximum Gasteiger partial charge on any atom is 0.326 e. The number of nitrogens with two attached hydrogens (primary N) is 1. The Morgan fingerprint density at radius 3 is 2.33 bits per heavy atom. The van der Waals surface area contributed by atoms with Gasteiger partial charge in [-0.05, 0) is 54.7 Å². The van der Waals surface area contributed by atoms with Crippen LogP contribution in [0.5, 0.6) is 0 Å². The number of aromatic nitrogens is 3. The Hall–Kier alpha value is -4.45. The summed E-state index contributed by atoms with van der Waals surface area (Å²) in [6, 6.07) is 26.1. The van der Waals surface area contributed by atoms with E-state index in [9.17, 15) is 18.3 Å². The number of rotatable bonds is 15. The third kappa shape index (κ3) is 7.80. The highest BCUT2D eigenvalue weighted by molar-refractivity contribution is 7.92. The van der Waals surface area contributed by atoms with Gasteiger partial charge >= 0.3 is 5.97 Å². The van der Waals surface area contributed by atoms with Gasteiger partial charge in [0.25, 0.3) is 0 Å². The van der Waals surface area contributed by atoms with Crippen molar-refractivity contribution in [2.45, 2.75) is 54.5 Å². The van der Waals surface area contributed by atoms with E-state index in [1.807, 2.05) is 47.8 Å². The zero-order chi connectivity index (χ0) is 31.7. The Morgan fingerprint density at radius 1 is 0.867 bits per heavy atom. The molecule has 0 spiro atoms. The molecule has 0 aliphatic heterocycles. The summed E-state index contributed by atoms with van der Waals surface area (Å²) < 4.78 is 28.2. The Morgan fingerprint density at radius 2 is 1.64 bits per heavy atom. The first-order valence-corrected chi connectivity index (χ1v) is 17.1. The predicted molar refractivity (Wildman–Crippen MR) is 176 cm³/mol. The van der Waals surface area contributed by atoms with Crippen LogP contribution in [0.1, 0.15) is 42.5 Å². The number of carboxylic acids is 1. The minimum atomic E-state index is -4.26. The molecule has 3 heterocycles. The fourth-order valence-electron chi connectivity index (χ4n) is 5.14. The van der Waals surface area contributed by atoms with Crippen molar-refractivity contribution in [3.8, 4) is 10.6 Å². The van der Waals surface area contributed by atoms with Gasteiger partial charge in [0.15, 0.2) is 9.90 Å². The maximum absolute atomic E-state index is 14.1. The third-order valence-electron chi connectivity index (χ3n) is 7.60. The fraction of sp³-hybridized carbons (Fsp3) is 0.235. The van der Waals surface area contributed by atoms with Crippen molar-refractivity contribution in [1.29, 1.82) is 0 Å². The van der Waals surface area contributed by atoms with Gasteiger partial charge in [0.1, 0.15) is 16.9 Å². The van der Waals surface area contributed by atoms with E-state index in [-0.39, 0.29) is 23.0 Å². The van der Waals surface area contributed by atoms with Crippen molar-refractivity contribution in [3.05, 3.63) is 126 Å².